The van der Waals surface area contributed by atoms with Crippen LogP contribution in [0.2, 0.25) is 0 Å². The van der Waals surface area contributed by atoms with Gasteiger partial charge in [-0.2, -0.15) is 15.8 Å². The molecule has 3 rings (SSSR count). The van der Waals surface area contributed by atoms with Crippen molar-refractivity contribution in [1.29, 1.82) is 15.8 Å². The molecule has 1 aromatic rings. The number of nitrogens with two attached hydrogens (primary N) is 1. The molecular weight excluding hydrogens is 342 g/mol. The Bertz CT molecular complexity index is 956. The minimum absolute atomic E-state index is 0.0126. The first-order valence-electron chi connectivity index (χ1n) is 8.36. The van der Waals surface area contributed by atoms with Crippen LogP contribution >= 0.6 is 0 Å². The Kier molecular flexibility index (Phi) is 4.69. The Morgan fingerprint density at radius 2 is 1.93 bits per heavy atom. The van der Waals surface area contributed by atoms with E-state index in [0.29, 0.717) is 24.2 Å². The zero-order valence-electron chi connectivity index (χ0n) is 14.7. The van der Waals surface area contributed by atoms with Crippen LogP contribution in [0.4, 0.5) is 0 Å². The number of ether oxygens (including phenoxy) is 1. The number of hydrogen-bond acceptors (Lipinski definition) is 7. The number of nitrogens with one attached hydrogen (secondary N) is 1. The van der Waals surface area contributed by atoms with Crippen LogP contribution in [0.25, 0.3) is 0 Å². The minimum Gasteiger partial charge on any atom is -0.465 e. The third-order valence-electron chi connectivity index (χ3n) is 5.22. The summed E-state index contributed by atoms with van der Waals surface area (Å²) in [6, 6.07) is 12.9. The molecule has 1 aromatic carbocycles. The molecule has 2 aliphatic rings. The molecule has 1 aliphatic carbocycles. The van der Waals surface area contributed by atoms with E-state index in [2.05, 4.69) is 11.4 Å². The average molecular weight is 359 g/mol. The normalized spacial score (nSPS) is 23.1. The number of esters is 1. The highest BCUT2D eigenvalue weighted by Crippen LogP contribution is 2.51. The van der Waals surface area contributed by atoms with Gasteiger partial charge >= 0.3 is 5.97 Å². The summed E-state index contributed by atoms with van der Waals surface area (Å²) in [5.74, 6) is -1.12. The fourth-order valence-corrected chi connectivity index (χ4v) is 3.88. The van der Waals surface area contributed by atoms with Gasteiger partial charge in [0.15, 0.2) is 0 Å². The molecule has 1 aliphatic heterocycles. The monoisotopic (exact) mass is 359 g/mol. The van der Waals surface area contributed by atoms with Crippen molar-refractivity contribution in [3.63, 3.8) is 0 Å². The molecule has 1 heterocycles. The number of benzene rings is 1. The Labute approximate surface area is 156 Å². The summed E-state index contributed by atoms with van der Waals surface area (Å²) in [5.41, 5.74) is 6.59. The molecule has 0 amide bonds. The molecule has 27 heavy (non-hydrogen) atoms. The van der Waals surface area contributed by atoms with Crippen molar-refractivity contribution in [2.75, 3.05) is 20.2 Å². The first-order chi connectivity index (χ1) is 13.0. The van der Waals surface area contributed by atoms with Gasteiger partial charge in [-0.1, -0.05) is 18.2 Å². The molecule has 0 saturated heterocycles. The molecule has 0 saturated carbocycles. The lowest BCUT2D eigenvalue weighted by Crippen LogP contribution is -2.46. The van der Waals surface area contributed by atoms with Crippen LogP contribution in [0.5, 0.6) is 0 Å². The second kappa shape index (κ2) is 6.96. The smallest absolute Gasteiger partial charge is 0.337 e. The second-order valence-corrected chi connectivity index (χ2v) is 6.43. The number of fused-ring (bicyclic) bond motifs is 1. The summed E-state index contributed by atoms with van der Waals surface area (Å²) in [6.07, 6.45) is 1.82. The van der Waals surface area contributed by atoms with Gasteiger partial charge in [-0.3, -0.25) is 0 Å². The van der Waals surface area contributed by atoms with Gasteiger partial charge < -0.3 is 15.8 Å². The highest BCUT2D eigenvalue weighted by atomic mass is 16.5. The Morgan fingerprint density at radius 1 is 1.26 bits per heavy atom. The highest BCUT2D eigenvalue weighted by Gasteiger charge is 2.51. The number of nitrogens with zero attached hydrogens (tertiary/aromatic N) is 3. The Balaban J connectivity index is 2.20. The maximum absolute atomic E-state index is 11.7. The number of nitriles is 3. The first kappa shape index (κ1) is 18.2. The van der Waals surface area contributed by atoms with Gasteiger partial charge in [-0.25, -0.2) is 4.79 Å². The molecule has 0 aromatic heterocycles. The quantitative estimate of drug-likeness (QED) is 0.603. The summed E-state index contributed by atoms with van der Waals surface area (Å²) < 4.78 is 4.71. The zero-order chi connectivity index (χ0) is 19.6. The molecule has 2 atom stereocenters. The Hall–Kier alpha value is -3.60. The van der Waals surface area contributed by atoms with E-state index >= 15 is 0 Å². The number of carbonyl (C=O) groups is 1. The van der Waals surface area contributed by atoms with Crippen molar-refractivity contribution in [2.24, 2.45) is 17.1 Å². The van der Waals surface area contributed by atoms with Crippen LogP contribution in [-0.2, 0) is 4.74 Å². The summed E-state index contributed by atoms with van der Waals surface area (Å²) in [4.78, 5) is 11.7. The van der Waals surface area contributed by atoms with Crippen LogP contribution in [0.3, 0.4) is 0 Å². The SMILES string of the molecule is COC(=O)c1ccc([C@@H]2C(C#N)=C(N)C(C#N)(C#N)C3=CCNC[C@H]32)cc1. The van der Waals surface area contributed by atoms with Crippen LogP contribution in [-0.4, -0.2) is 26.2 Å². The molecule has 7 heteroatoms. The number of hydrogen-bond donors (Lipinski definition) is 2. The molecule has 3 N–H and O–H groups in total. The molecule has 0 spiro atoms. The molecule has 0 fully saturated rings. The van der Waals surface area contributed by atoms with Crippen molar-refractivity contribution < 1.29 is 9.53 Å². The van der Waals surface area contributed by atoms with Gasteiger partial charge in [-0.05, 0) is 23.3 Å². The van der Waals surface area contributed by atoms with Gasteiger partial charge in [0.25, 0.3) is 0 Å². The van der Waals surface area contributed by atoms with E-state index in [-0.39, 0.29) is 17.2 Å². The molecular formula is C20H17N5O2. The van der Waals surface area contributed by atoms with E-state index in [4.69, 9.17) is 10.5 Å². The van der Waals surface area contributed by atoms with E-state index in [9.17, 15) is 20.6 Å². The average Bonchev–Trinajstić information content (AvgIpc) is 2.73. The van der Waals surface area contributed by atoms with Gasteiger partial charge in [0, 0.05) is 24.9 Å². The van der Waals surface area contributed by atoms with E-state index in [0.717, 1.165) is 5.56 Å². The fraction of sp³-hybridized carbons (Fsp3) is 0.300. The number of carbonyl (C=O) groups excluding carboxylic acids is 1. The van der Waals surface area contributed by atoms with Crippen LogP contribution in [0, 0.1) is 45.3 Å². The maximum Gasteiger partial charge on any atom is 0.337 e. The topological polar surface area (TPSA) is 136 Å². The van der Waals surface area contributed by atoms with E-state index < -0.39 is 17.3 Å². The van der Waals surface area contributed by atoms with Gasteiger partial charge in [0.05, 0.1) is 42.2 Å². The lowest BCUT2D eigenvalue weighted by molar-refractivity contribution is 0.0600. The molecule has 0 radical (unpaired) electrons. The largest absolute Gasteiger partial charge is 0.465 e. The van der Waals surface area contributed by atoms with Gasteiger partial charge in [0.1, 0.15) is 0 Å². The third-order valence-corrected chi connectivity index (χ3v) is 5.22. The summed E-state index contributed by atoms with van der Waals surface area (Å²) in [5, 5.41) is 32.5. The number of methoxy groups -OCH3 is 1. The number of rotatable bonds is 2. The zero-order valence-corrected chi connectivity index (χ0v) is 14.7. The fourth-order valence-electron chi connectivity index (χ4n) is 3.88. The van der Waals surface area contributed by atoms with Gasteiger partial charge in [0.2, 0.25) is 5.41 Å². The van der Waals surface area contributed by atoms with Gasteiger partial charge in [-0.15, -0.1) is 0 Å². The van der Waals surface area contributed by atoms with Crippen LogP contribution in [0.15, 0.2) is 47.2 Å². The Morgan fingerprint density at radius 3 is 2.48 bits per heavy atom. The predicted molar refractivity (Wildman–Crippen MR) is 95.5 cm³/mol. The maximum atomic E-state index is 11.7. The lowest BCUT2D eigenvalue weighted by Gasteiger charge is -2.42. The summed E-state index contributed by atoms with van der Waals surface area (Å²) in [6.45, 7) is 1.04. The molecule has 134 valence electrons. The van der Waals surface area contributed by atoms with E-state index in [1.807, 2.05) is 18.2 Å². The van der Waals surface area contributed by atoms with Crippen molar-refractivity contribution in [3.8, 4) is 18.2 Å². The predicted octanol–water partition coefficient (Wildman–Crippen LogP) is 1.49. The highest BCUT2D eigenvalue weighted by molar-refractivity contribution is 5.89. The standard InChI is InChI=1S/C20H17N5O2/c1-27-19(26)13-4-2-12(3-5-13)17-14(8-21)18(24)20(10-22,11-23)16-6-7-25-9-15(16)17/h2-6,15,17,25H,7,9,24H2,1H3/t15-,17-/m1/s1. The first-order valence-corrected chi connectivity index (χ1v) is 8.36. The van der Waals surface area contributed by atoms with Crippen LogP contribution in [0.1, 0.15) is 21.8 Å². The lowest BCUT2D eigenvalue weighted by atomic mass is 9.60. The van der Waals surface area contributed by atoms with Crippen molar-refractivity contribution in [2.45, 2.75) is 5.92 Å². The van der Waals surface area contributed by atoms with Crippen molar-refractivity contribution in [3.05, 3.63) is 58.3 Å². The summed E-state index contributed by atoms with van der Waals surface area (Å²) in [7, 11) is 1.31. The number of allylic oxidation sites excluding steroid dienone is 2. The van der Waals surface area contributed by atoms with Crippen molar-refractivity contribution >= 4 is 5.97 Å². The third kappa shape index (κ3) is 2.64. The summed E-state index contributed by atoms with van der Waals surface area (Å²) >= 11 is 0. The van der Waals surface area contributed by atoms with E-state index in [1.165, 1.54) is 7.11 Å². The molecule has 0 bridgehead atoms. The molecule has 7 nitrogen and oxygen atoms in total. The minimum atomic E-state index is -1.62. The second-order valence-electron chi connectivity index (χ2n) is 6.43. The van der Waals surface area contributed by atoms with Crippen molar-refractivity contribution in [1.82, 2.24) is 5.32 Å². The molecule has 0 unspecified atom stereocenters. The van der Waals surface area contributed by atoms with E-state index in [1.54, 1.807) is 24.3 Å². The van der Waals surface area contributed by atoms with Crippen LogP contribution < -0.4 is 11.1 Å².